The summed E-state index contributed by atoms with van der Waals surface area (Å²) in [6, 6.07) is 7.23. The van der Waals surface area contributed by atoms with Gasteiger partial charge in [0.15, 0.2) is 0 Å². The molecule has 0 radical (unpaired) electrons. The average Bonchev–Trinajstić information content (AvgIpc) is 2.71. The monoisotopic (exact) mass is 407 g/mol. The summed E-state index contributed by atoms with van der Waals surface area (Å²) in [6.07, 6.45) is 2.63. The SMILES string of the molecule is COC(=O)C(C)Sc1ccccc1C(=O)NCCCN1CCCC(C(N)=O)C1. The third-order valence-corrected chi connectivity index (χ3v) is 5.97. The van der Waals surface area contributed by atoms with E-state index in [1.807, 2.05) is 12.1 Å². The van der Waals surface area contributed by atoms with E-state index in [-0.39, 0.29) is 23.7 Å². The fraction of sp³-hybridized carbons (Fsp3) is 0.550. The highest BCUT2D eigenvalue weighted by molar-refractivity contribution is 8.00. The van der Waals surface area contributed by atoms with Crippen molar-refractivity contribution in [3.8, 4) is 0 Å². The largest absolute Gasteiger partial charge is 0.468 e. The number of amides is 2. The number of carbonyl (C=O) groups excluding carboxylic acids is 3. The highest BCUT2D eigenvalue weighted by atomic mass is 32.2. The number of likely N-dealkylation sites (tertiary alicyclic amines) is 1. The van der Waals surface area contributed by atoms with E-state index in [1.165, 1.54) is 18.9 Å². The molecule has 2 atom stereocenters. The van der Waals surface area contributed by atoms with Gasteiger partial charge in [0.25, 0.3) is 5.91 Å². The molecule has 1 fully saturated rings. The Balaban J connectivity index is 1.82. The molecule has 8 heteroatoms. The van der Waals surface area contributed by atoms with Crippen molar-refractivity contribution in [1.29, 1.82) is 0 Å². The lowest BCUT2D eigenvalue weighted by molar-refractivity contribution is -0.139. The van der Waals surface area contributed by atoms with Gasteiger partial charge in [-0.1, -0.05) is 12.1 Å². The van der Waals surface area contributed by atoms with Crippen LogP contribution in [0.4, 0.5) is 0 Å². The summed E-state index contributed by atoms with van der Waals surface area (Å²) < 4.78 is 4.75. The van der Waals surface area contributed by atoms with Crippen molar-refractivity contribution in [3.05, 3.63) is 29.8 Å². The van der Waals surface area contributed by atoms with Crippen molar-refractivity contribution in [1.82, 2.24) is 10.2 Å². The number of nitrogens with one attached hydrogen (secondary N) is 1. The molecule has 2 unspecified atom stereocenters. The fourth-order valence-corrected chi connectivity index (χ4v) is 4.27. The van der Waals surface area contributed by atoms with Crippen molar-refractivity contribution in [2.75, 3.05) is 33.3 Å². The van der Waals surface area contributed by atoms with Crippen LogP contribution in [0.5, 0.6) is 0 Å². The predicted molar refractivity (Wildman–Crippen MR) is 109 cm³/mol. The molecule has 28 heavy (non-hydrogen) atoms. The first-order valence-electron chi connectivity index (χ1n) is 9.55. The summed E-state index contributed by atoms with van der Waals surface area (Å²) in [6.45, 7) is 4.78. The molecule has 1 aromatic rings. The number of primary amides is 1. The van der Waals surface area contributed by atoms with Gasteiger partial charge in [-0.25, -0.2) is 0 Å². The lowest BCUT2D eigenvalue weighted by atomic mass is 9.97. The van der Waals surface area contributed by atoms with E-state index in [9.17, 15) is 14.4 Å². The molecule has 3 N–H and O–H groups in total. The molecule has 7 nitrogen and oxygen atoms in total. The van der Waals surface area contributed by atoms with Gasteiger partial charge in [0, 0.05) is 18.0 Å². The molecule has 1 aromatic carbocycles. The number of hydrogen-bond acceptors (Lipinski definition) is 6. The third kappa shape index (κ3) is 6.53. The second-order valence-corrected chi connectivity index (χ2v) is 8.31. The molecule has 1 aliphatic rings. The van der Waals surface area contributed by atoms with Gasteiger partial charge in [0.2, 0.25) is 5.91 Å². The zero-order chi connectivity index (χ0) is 20.5. The molecule has 2 amide bonds. The Bertz CT molecular complexity index is 698. The Morgan fingerprint density at radius 3 is 2.82 bits per heavy atom. The second kappa shape index (κ2) is 11.1. The zero-order valence-electron chi connectivity index (χ0n) is 16.5. The highest BCUT2D eigenvalue weighted by Gasteiger charge is 2.23. The van der Waals surface area contributed by atoms with E-state index in [0.717, 1.165) is 37.2 Å². The summed E-state index contributed by atoms with van der Waals surface area (Å²) in [7, 11) is 1.35. The van der Waals surface area contributed by atoms with Crippen molar-refractivity contribution < 1.29 is 19.1 Å². The fourth-order valence-electron chi connectivity index (χ4n) is 3.25. The van der Waals surface area contributed by atoms with E-state index in [2.05, 4.69) is 10.2 Å². The minimum Gasteiger partial charge on any atom is -0.468 e. The highest BCUT2D eigenvalue weighted by Crippen LogP contribution is 2.27. The van der Waals surface area contributed by atoms with Crippen LogP contribution in [0.15, 0.2) is 29.2 Å². The summed E-state index contributed by atoms with van der Waals surface area (Å²) >= 11 is 1.31. The van der Waals surface area contributed by atoms with Gasteiger partial charge in [-0.2, -0.15) is 0 Å². The molecule has 154 valence electrons. The van der Waals surface area contributed by atoms with Gasteiger partial charge in [-0.3, -0.25) is 14.4 Å². The molecule has 1 aliphatic heterocycles. The minimum atomic E-state index is -0.392. The van der Waals surface area contributed by atoms with Crippen LogP contribution in [-0.4, -0.2) is 61.2 Å². The predicted octanol–water partition coefficient (Wildman–Crippen LogP) is 1.66. The first-order chi connectivity index (χ1) is 13.4. The Morgan fingerprint density at radius 1 is 1.36 bits per heavy atom. The Hall–Kier alpha value is -2.06. The topological polar surface area (TPSA) is 102 Å². The molecular formula is C20H29N3O4S. The zero-order valence-corrected chi connectivity index (χ0v) is 17.3. The molecule has 0 aromatic heterocycles. The third-order valence-electron chi connectivity index (χ3n) is 4.81. The average molecular weight is 408 g/mol. The number of nitrogens with two attached hydrogens (primary N) is 1. The van der Waals surface area contributed by atoms with Crippen LogP contribution >= 0.6 is 11.8 Å². The molecular weight excluding hydrogens is 378 g/mol. The lowest BCUT2D eigenvalue weighted by Crippen LogP contribution is -2.42. The van der Waals surface area contributed by atoms with Gasteiger partial charge in [-0.15, -0.1) is 11.8 Å². The summed E-state index contributed by atoms with van der Waals surface area (Å²) in [5, 5.41) is 2.55. The number of methoxy groups -OCH3 is 1. The maximum atomic E-state index is 12.6. The van der Waals surface area contributed by atoms with Gasteiger partial charge in [-0.05, 0) is 51.4 Å². The van der Waals surface area contributed by atoms with Crippen LogP contribution in [0.2, 0.25) is 0 Å². The van der Waals surface area contributed by atoms with Gasteiger partial charge >= 0.3 is 5.97 Å². The van der Waals surface area contributed by atoms with Crippen LogP contribution < -0.4 is 11.1 Å². The van der Waals surface area contributed by atoms with Crippen LogP contribution in [0, 0.1) is 5.92 Å². The van der Waals surface area contributed by atoms with Crippen LogP contribution in [0.3, 0.4) is 0 Å². The molecule has 0 bridgehead atoms. The maximum absolute atomic E-state index is 12.6. The summed E-state index contributed by atoms with van der Waals surface area (Å²) in [5.41, 5.74) is 5.96. The van der Waals surface area contributed by atoms with Crippen molar-refractivity contribution in [3.63, 3.8) is 0 Å². The summed E-state index contributed by atoms with van der Waals surface area (Å²) in [5.74, 6) is -0.776. The van der Waals surface area contributed by atoms with Crippen molar-refractivity contribution in [2.24, 2.45) is 11.7 Å². The molecule has 1 saturated heterocycles. The lowest BCUT2D eigenvalue weighted by Gasteiger charge is -2.31. The van der Waals surface area contributed by atoms with Crippen LogP contribution in [0.1, 0.15) is 36.5 Å². The minimum absolute atomic E-state index is 0.0657. The van der Waals surface area contributed by atoms with E-state index in [0.29, 0.717) is 18.7 Å². The quantitative estimate of drug-likeness (QED) is 0.367. The van der Waals surface area contributed by atoms with Gasteiger partial charge < -0.3 is 20.7 Å². The molecule has 0 saturated carbocycles. The van der Waals surface area contributed by atoms with Gasteiger partial charge in [0.05, 0.1) is 18.6 Å². The number of esters is 1. The van der Waals surface area contributed by atoms with Crippen LogP contribution in [0.25, 0.3) is 0 Å². The second-order valence-electron chi connectivity index (χ2n) is 6.93. The first kappa shape index (κ1) is 22.2. The van der Waals surface area contributed by atoms with E-state index in [4.69, 9.17) is 10.5 Å². The first-order valence-corrected chi connectivity index (χ1v) is 10.4. The molecule has 1 heterocycles. The number of hydrogen-bond donors (Lipinski definition) is 2. The number of ether oxygens (including phenoxy) is 1. The summed E-state index contributed by atoms with van der Waals surface area (Å²) in [4.78, 5) is 38.5. The van der Waals surface area contributed by atoms with Gasteiger partial charge in [0.1, 0.15) is 5.25 Å². The van der Waals surface area contributed by atoms with Crippen molar-refractivity contribution in [2.45, 2.75) is 36.3 Å². The smallest absolute Gasteiger partial charge is 0.318 e. The number of rotatable bonds is 9. The number of nitrogens with zero attached hydrogens (tertiary/aromatic N) is 1. The van der Waals surface area contributed by atoms with Crippen molar-refractivity contribution >= 4 is 29.5 Å². The Kier molecular flexibility index (Phi) is 8.79. The molecule has 0 aliphatic carbocycles. The molecule has 2 rings (SSSR count). The number of carbonyl (C=O) groups is 3. The van der Waals surface area contributed by atoms with E-state index in [1.54, 1.807) is 19.1 Å². The number of thioether (sulfide) groups is 1. The normalized spacial score (nSPS) is 18.3. The van der Waals surface area contributed by atoms with E-state index >= 15 is 0 Å². The number of benzene rings is 1. The Morgan fingerprint density at radius 2 is 2.11 bits per heavy atom. The molecule has 0 spiro atoms. The van der Waals surface area contributed by atoms with Crippen LogP contribution in [-0.2, 0) is 14.3 Å². The number of piperidine rings is 1. The maximum Gasteiger partial charge on any atom is 0.318 e. The Labute approximate surface area is 170 Å². The standard InChI is InChI=1S/C20H29N3O4S/c1-14(20(26)27-2)28-17-9-4-3-8-16(17)19(25)22-10-6-12-23-11-5-7-15(13-23)18(21)24/h3-4,8-9,14-15H,5-7,10-13H2,1-2H3,(H2,21,24)(H,22,25). The van der Waals surface area contributed by atoms with E-state index < -0.39 is 5.25 Å².